The maximum atomic E-state index is 13.4. The fourth-order valence-electron chi connectivity index (χ4n) is 2.90. The van der Waals surface area contributed by atoms with Crippen molar-refractivity contribution >= 4 is 11.6 Å². The lowest BCUT2D eigenvalue weighted by molar-refractivity contribution is -0.142. The maximum Gasteiger partial charge on any atom is 0.433 e. The highest BCUT2D eigenvalue weighted by Crippen LogP contribution is 2.41. The number of carbonyl (C=O) groups excluding carboxylic acids is 1. The van der Waals surface area contributed by atoms with E-state index in [9.17, 15) is 18.0 Å². The number of aryl methyl sites for hydroxylation is 1. The van der Waals surface area contributed by atoms with Crippen molar-refractivity contribution in [3.8, 4) is 0 Å². The summed E-state index contributed by atoms with van der Waals surface area (Å²) >= 11 is 0. The fraction of sp³-hybridized carbons (Fsp3) is 0.412. The highest BCUT2D eigenvalue weighted by molar-refractivity contribution is 5.99. The summed E-state index contributed by atoms with van der Waals surface area (Å²) in [5.41, 5.74) is -0.562. The second-order valence-corrected chi connectivity index (χ2v) is 6.51. The van der Waals surface area contributed by atoms with Crippen molar-refractivity contribution in [2.45, 2.75) is 37.9 Å². The molecule has 1 aliphatic carbocycles. The van der Waals surface area contributed by atoms with E-state index >= 15 is 0 Å². The number of aromatic nitrogens is 5. The Morgan fingerprint density at radius 1 is 1.30 bits per heavy atom. The molecule has 1 fully saturated rings. The van der Waals surface area contributed by atoms with E-state index in [4.69, 9.17) is 0 Å². The topological polar surface area (TPSA) is 77.1 Å². The van der Waals surface area contributed by atoms with Gasteiger partial charge < -0.3 is 5.32 Å². The highest BCUT2D eigenvalue weighted by Gasteiger charge is 2.37. The van der Waals surface area contributed by atoms with E-state index in [2.05, 4.69) is 20.5 Å². The molecular formula is C17H17F3N6O. The number of amides is 1. The Bertz CT molecular complexity index is 959. The first-order valence-electron chi connectivity index (χ1n) is 8.65. The minimum Gasteiger partial charge on any atom is -0.352 e. The Kier molecular flexibility index (Phi) is 4.33. The van der Waals surface area contributed by atoms with Crippen molar-refractivity contribution in [1.29, 1.82) is 0 Å². The number of nitrogens with one attached hydrogen (secondary N) is 1. The molecule has 3 heterocycles. The minimum atomic E-state index is -4.58. The van der Waals surface area contributed by atoms with E-state index in [1.165, 1.54) is 0 Å². The van der Waals surface area contributed by atoms with E-state index in [0.717, 1.165) is 25.1 Å². The van der Waals surface area contributed by atoms with E-state index in [1.807, 2.05) is 6.20 Å². The van der Waals surface area contributed by atoms with Gasteiger partial charge in [0, 0.05) is 37.1 Å². The zero-order valence-corrected chi connectivity index (χ0v) is 14.3. The number of hydrogen-bond acceptors (Lipinski definition) is 4. The number of hydrogen-bond donors (Lipinski definition) is 1. The standard InChI is InChI=1S/C17H17F3N6O/c18-17(19,20)14-9-13(11-3-4-11)24-15-12(10-23-26(14)15)16(27)21-5-1-7-25-8-2-6-22-25/h2,6,8-11H,1,3-5,7H2,(H,21,27). The van der Waals surface area contributed by atoms with Gasteiger partial charge in [0.1, 0.15) is 11.3 Å². The molecule has 1 N–H and O–H groups in total. The van der Waals surface area contributed by atoms with Gasteiger partial charge in [0.15, 0.2) is 5.65 Å². The van der Waals surface area contributed by atoms with Crippen LogP contribution in [0.15, 0.2) is 30.7 Å². The van der Waals surface area contributed by atoms with Crippen LogP contribution < -0.4 is 5.32 Å². The van der Waals surface area contributed by atoms with Gasteiger partial charge in [-0.05, 0) is 31.4 Å². The second-order valence-electron chi connectivity index (χ2n) is 6.51. The molecule has 1 saturated carbocycles. The van der Waals surface area contributed by atoms with Gasteiger partial charge >= 0.3 is 6.18 Å². The molecule has 7 nitrogen and oxygen atoms in total. The van der Waals surface area contributed by atoms with Gasteiger partial charge in [-0.15, -0.1) is 0 Å². The Morgan fingerprint density at radius 2 is 2.11 bits per heavy atom. The van der Waals surface area contributed by atoms with Gasteiger partial charge in [-0.3, -0.25) is 9.48 Å². The third-order valence-corrected chi connectivity index (χ3v) is 4.43. The Labute approximate surface area is 152 Å². The summed E-state index contributed by atoms with van der Waals surface area (Å²) in [7, 11) is 0. The maximum absolute atomic E-state index is 13.4. The molecule has 0 atom stereocenters. The van der Waals surface area contributed by atoms with E-state index < -0.39 is 17.8 Å². The second kappa shape index (κ2) is 6.67. The van der Waals surface area contributed by atoms with Crippen LogP contribution in [-0.2, 0) is 12.7 Å². The van der Waals surface area contributed by atoms with Gasteiger partial charge in [-0.2, -0.15) is 23.4 Å². The molecule has 0 aromatic carbocycles. The van der Waals surface area contributed by atoms with Crippen LogP contribution in [0.1, 0.15) is 46.9 Å². The summed E-state index contributed by atoms with van der Waals surface area (Å²) < 4.78 is 42.6. The lowest BCUT2D eigenvalue weighted by Gasteiger charge is -2.11. The molecule has 4 rings (SSSR count). The summed E-state index contributed by atoms with van der Waals surface area (Å²) in [6, 6.07) is 2.84. The lowest BCUT2D eigenvalue weighted by Crippen LogP contribution is -2.25. The zero-order chi connectivity index (χ0) is 19.0. The first kappa shape index (κ1) is 17.5. The number of nitrogens with zero attached hydrogens (tertiary/aromatic N) is 5. The molecule has 10 heteroatoms. The molecule has 0 aliphatic heterocycles. The summed E-state index contributed by atoms with van der Waals surface area (Å²) in [6.45, 7) is 0.995. The van der Waals surface area contributed by atoms with E-state index in [-0.39, 0.29) is 17.1 Å². The average molecular weight is 378 g/mol. The van der Waals surface area contributed by atoms with Crippen molar-refractivity contribution in [3.63, 3.8) is 0 Å². The monoisotopic (exact) mass is 378 g/mol. The Hall–Kier alpha value is -2.91. The van der Waals surface area contributed by atoms with Crippen LogP contribution in [0.2, 0.25) is 0 Å². The molecular weight excluding hydrogens is 361 g/mol. The molecule has 3 aromatic heterocycles. The largest absolute Gasteiger partial charge is 0.433 e. The van der Waals surface area contributed by atoms with Crippen LogP contribution in [0.4, 0.5) is 13.2 Å². The van der Waals surface area contributed by atoms with Crippen molar-refractivity contribution in [2.24, 2.45) is 0 Å². The van der Waals surface area contributed by atoms with E-state index in [1.54, 1.807) is 16.9 Å². The van der Waals surface area contributed by atoms with Crippen molar-refractivity contribution in [2.75, 3.05) is 6.54 Å². The number of alkyl halides is 3. The van der Waals surface area contributed by atoms with Gasteiger partial charge in [-0.1, -0.05) is 0 Å². The quantitative estimate of drug-likeness (QED) is 0.669. The summed E-state index contributed by atoms with van der Waals surface area (Å²) in [6.07, 6.45) is 2.30. The van der Waals surface area contributed by atoms with Crippen LogP contribution in [0, 0.1) is 0 Å². The number of carbonyl (C=O) groups is 1. The highest BCUT2D eigenvalue weighted by atomic mass is 19.4. The van der Waals surface area contributed by atoms with Crippen LogP contribution in [-0.4, -0.2) is 36.8 Å². The molecule has 27 heavy (non-hydrogen) atoms. The van der Waals surface area contributed by atoms with Crippen molar-refractivity contribution in [1.82, 2.24) is 29.7 Å². The molecule has 1 aliphatic rings. The van der Waals surface area contributed by atoms with Crippen LogP contribution in [0.5, 0.6) is 0 Å². The molecule has 3 aromatic rings. The molecule has 142 valence electrons. The van der Waals surface area contributed by atoms with Crippen molar-refractivity contribution in [3.05, 3.63) is 47.7 Å². The van der Waals surface area contributed by atoms with Gasteiger partial charge in [0.25, 0.3) is 5.91 Å². The first-order chi connectivity index (χ1) is 12.9. The third-order valence-electron chi connectivity index (χ3n) is 4.43. The molecule has 0 bridgehead atoms. The zero-order valence-electron chi connectivity index (χ0n) is 14.3. The molecule has 0 saturated heterocycles. The fourth-order valence-corrected chi connectivity index (χ4v) is 2.90. The molecule has 1 amide bonds. The normalized spacial score (nSPS) is 14.6. The summed E-state index contributed by atoms with van der Waals surface area (Å²) in [5, 5.41) is 10.5. The van der Waals surface area contributed by atoms with Gasteiger partial charge in [-0.25, -0.2) is 9.50 Å². The lowest BCUT2D eigenvalue weighted by atomic mass is 10.2. The van der Waals surface area contributed by atoms with Crippen LogP contribution >= 0.6 is 0 Å². The average Bonchev–Trinajstić information content (AvgIpc) is 3.17. The Balaban J connectivity index is 1.54. The number of halogens is 3. The van der Waals surface area contributed by atoms with Crippen LogP contribution in [0.3, 0.4) is 0 Å². The summed E-state index contributed by atoms with van der Waals surface area (Å²) in [4.78, 5) is 16.7. The minimum absolute atomic E-state index is 0.0241. The Morgan fingerprint density at radius 3 is 2.78 bits per heavy atom. The van der Waals surface area contributed by atoms with Gasteiger partial charge in [0.05, 0.1) is 6.20 Å². The predicted molar refractivity (Wildman–Crippen MR) is 89.1 cm³/mol. The van der Waals surface area contributed by atoms with Crippen molar-refractivity contribution < 1.29 is 18.0 Å². The predicted octanol–water partition coefficient (Wildman–Crippen LogP) is 2.64. The third kappa shape index (κ3) is 3.64. The molecule has 0 spiro atoms. The van der Waals surface area contributed by atoms with Gasteiger partial charge in [0.2, 0.25) is 0 Å². The number of fused-ring (bicyclic) bond motifs is 1. The summed E-state index contributed by atoms with van der Waals surface area (Å²) in [5.74, 6) is -0.463. The van der Waals surface area contributed by atoms with E-state index in [0.29, 0.717) is 29.7 Å². The molecule has 0 unspecified atom stereocenters. The first-order valence-corrected chi connectivity index (χ1v) is 8.65. The smallest absolute Gasteiger partial charge is 0.352 e. The SMILES string of the molecule is O=C(NCCCn1cccn1)c1cnn2c(C(F)(F)F)cc(C3CC3)nc12. The van der Waals surface area contributed by atoms with Crippen LogP contribution in [0.25, 0.3) is 5.65 Å². The molecule has 0 radical (unpaired) electrons. The number of rotatable bonds is 6.